The first kappa shape index (κ1) is 47.2. The number of carbonyl (C=O) groups is 3. The lowest BCUT2D eigenvalue weighted by atomic mass is 9.87. The predicted octanol–water partition coefficient (Wildman–Crippen LogP) is 7.23. The summed E-state index contributed by atoms with van der Waals surface area (Å²) in [4.78, 5) is 42.1. The van der Waals surface area contributed by atoms with Crippen LogP contribution in [0.2, 0.25) is 0 Å². The van der Waals surface area contributed by atoms with E-state index in [-0.39, 0.29) is 30.1 Å². The Morgan fingerprint density at radius 2 is 1.04 bits per heavy atom. The second-order valence-corrected chi connectivity index (χ2v) is 17.8. The summed E-state index contributed by atoms with van der Waals surface area (Å²) < 4.78 is 10.5. The summed E-state index contributed by atoms with van der Waals surface area (Å²) in [7, 11) is 0. The first-order chi connectivity index (χ1) is 25.0. The van der Waals surface area contributed by atoms with E-state index in [0.29, 0.717) is 18.9 Å². The number of nitrogens with one attached hydrogen (secondary N) is 3. The highest BCUT2D eigenvalue weighted by atomic mass is 16.6. The van der Waals surface area contributed by atoms with E-state index in [1.54, 1.807) is 0 Å². The molecule has 0 radical (unpaired) electrons. The monoisotopic (exact) mass is 751 g/mol. The topological polar surface area (TPSA) is 115 Å². The molecule has 2 saturated heterocycles. The van der Waals surface area contributed by atoms with Crippen LogP contribution in [0.15, 0.2) is 0 Å². The summed E-state index contributed by atoms with van der Waals surface area (Å²) in [6.07, 6.45) is 11.9. The molecule has 0 aromatic rings. The molecule has 310 valence electrons. The highest BCUT2D eigenvalue weighted by molar-refractivity contribution is 5.79. The van der Waals surface area contributed by atoms with Crippen molar-refractivity contribution in [3.05, 3.63) is 0 Å². The lowest BCUT2D eigenvalue weighted by molar-refractivity contribution is -0.120. The van der Waals surface area contributed by atoms with Crippen molar-refractivity contribution in [2.45, 2.75) is 176 Å². The first-order valence-corrected chi connectivity index (χ1v) is 21.4. The largest absolute Gasteiger partial charge is 0.444 e. The molecule has 2 amide bonds. The van der Waals surface area contributed by atoms with Gasteiger partial charge in [0.2, 0.25) is 0 Å². The third-order valence-corrected chi connectivity index (χ3v) is 11.1. The van der Waals surface area contributed by atoms with E-state index in [0.717, 1.165) is 37.5 Å². The number of hydrogen-bond acceptors (Lipinski definition) is 9. The number of amides is 2. The second-order valence-electron chi connectivity index (χ2n) is 17.8. The molecule has 4 aliphatic rings. The average molecular weight is 751 g/mol. The summed E-state index contributed by atoms with van der Waals surface area (Å²) in [6, 6.07) is 1.08. The van der Waals surface area contributed by atoms with Crippen LogP contribution in [0.3, 0.4) is 0 Å². The minimum Gasteiger partial charge on any atom is -0.444 e. The fourth-order valence-electron chi connectivity index (χ4n) is 7.88. The minimum absolute atomic E-state index is 0.0950. The Labute approximate surface area is 324 Å². The number of likely N-dealkylation sites (tertiary alicyclic amines) is 1. The van der Waals surface area contributed by atoms with E-state index in [1.807, 2.05) is 41.5 Å². The molecule has 53 heavy (non-hydrogen) atoms. The Morgan fingerprint density at radius 3 is 1.43 bits per heavy atom. The van der Waals surface area contributed by atoms with E-state index in [9.17, 15) is 14.4 Å². The molecule has 3 N–H and O–H groups in total. The number of hydrogen-bond donors (Lipinski definition) is 3. The summed E-state index contributed by atoms with van der Waals surface area (Å²) in [5, 5.41) is 9.24. The van der Waals surface area contributed by atoms with Crippen molar-refractivity contribution in [3.63, 3.8) is 0 Å². The lowest BCUT2D eigenvalue weighted by Gasteiger charge is -2.41. The summed E-state index contributed by atoms with van der Waals surface area (Å²) in [5.74, 6) is 2.11. The van der Waals surface area contributed by atoms with Crippen LogP contribution >= 0.6 is 0 Å². The van der Waals surface area contributed by atoms with Gasteiger partial charge in [-0.1, -0.05) is 27.7 Å². The molecular weight excluding hydrogens is 668 g/mol. The highest BCUT2D eigenvalue weighted by Gasteiger charge is 2.31. The molecule has 2 aliphatic heterocycles. The smallest absolute Gasteiger partial charge is 0.407 e. The van der Waals surface area contributed by atoms with Crippen LogP contribution < -0.4 is 16.0 Å². The molecule has 2 aliphatic carbocycles. The predicted molar refractivity (Wildman–Crippen MR) is 218 cm³/mol. The van der Waals surface area contributed by atoms with Crippen LogP contribution in [0.4, 0.5) is 9.59 Å². The van der Waals surface area contributed by atoms with Crippen molar-refractivity contribution >= 4 is 18.0 Å². The van der Waals surface area contributed by atoms with Gasteiger partial charge in [-0.15, -0.1) is 0 Å². The van der Waals surface area contributed by atoms with Crippen molar-refractivity contribution in [2.75, 3.05) is 65.4 Å². The van der Waals surface area contributed by atoms with Crippen LogP contribution in [0.5, 0.6) is 0 Å². The van der Waals surface area contributed by atoms with Crippen molar-refractivity contribution in [1.82, 2.24) is 30.7 Å². The number of alkyl carbamates (subject to hydrolysis) is 2. The van der Waals surface area contributed by atoms with E-state index in [4.69, 9.17) is 9.47 Å². The standard InChI is InChI=1S/C21H41N3O2.C11H19NO3.C10H22N2/c1-6-23(7-2)16-17-12-14-24(15-13-17)19-10-8-18(9-11-19)22-20(25)26-21(3,4)5;1-11(2,3)15-10(14)12-8-4-6-9(13)7-5-8;1-3-12(4-2)9-10-5-7-11-8-6-10/h17-19H,6-16H2,1-5H3,(H,22,25);8H,4-7H2,1-3H3,(H,12,14);10-11H,3-9H2,1-2H3. The van der Waals surface area contributed by atoms with Crippen molar-refractivity contribution in [3.8, 4) is 0 Å². The molecule has 2 heterocycles. The van der Waals surface area contributed by atoms with E-state index in [2.05, 4.69) is 58.3 Å². The molecule has 0 atom stereocenters. The Balaban J connectivity index is 0.000000304. The zero-order valence-electron chi connectivity index (χ0n) is 35.8. The SMILES string of the molecule is CC(C)(C)OC(=O)NC1CCC(=O)CC1.CCN(CC)CC1CCN(C2CCC(NC(=O)OC(C)(C)C)CC2)CC1.CCN(CC)CC1CCNCC1. The van der Waals surface area contributed by atoms with Gasteiger partial charge in [-0.05, 0) is 170 Å². The Hall–Kier alpha value is -1.95. The lowest BCUT2D eigenvalue weighted by Crippen LogP contribution is -2.48. The Bertz CT molecular complexity index is 1010. The molecular formula is C42H82N6O5. The molecule has 2 saturated carbocycles. The van der Waals surface area contributed by atoms with Gasteiger partial charge < -0.3 is 40.1 Å². The second kappa shape index (κ2) is 24.5. The maximum absolute atomic E-state index is 11.9. The van der Waals surface area contributed by atoms with Crippen molar-refractivity contribution in [1.29, 1.82) is 0 Å². The third-order valence-electron chi connectivity index (χ3n) is 11.1. The highest BCUT2D eigenvalue weighted by Crippen LogP contribution is 2.28. The number of piperidine rings is 2. The van der Waals surface area contributed by atoms with Gasteiger partial charge in [-0.3, -0.25) is 4.79 Å². The molecule has 0 bridgehead atoms. The van der Waals surface area contributed by atoms with Gasteiger partial charge in [0.1, 0.15) is 17.0 Å². The van der Waals surface area contributed by atoms with E-state index >= 15 is 0 Å². The Kier molecular flexibility index (Phi) is 21.9. The van der Waals surface area contributed by atoms with Gasteiger partial charge in [0, 0.05) is 44.1 Å². The number of carbonyl (C=O) groups excluding carboxylic acids is 3. The fourth-order valence-corrected chi connectivity index (χ4v) is 7.88. The van der Waals surface area contributed by atoms with Gasteiger partial charge in [0.05, 0.1) is 0 Å². The van der Waals surface area contributed by atoms with Crippen LogP contribution in [-0.2, 0) is 14.3 Å². The quantitative estimate of drug-likeness (QED) is 0.201. The first-order valence-electron chi connectivity index (χ1n) is 21.4. The maximum atomic E-state index is 11.9. The molecule has 0 aromatic heterocycles. The van der Waals surface area contributed by atoms with Gasteiger partial charge in [-0.2, -0.15) is 0 Å². The van der Waals surface area contributed by atoms with Gasteiger partial charge >= 0.3 is 12.2 Å². The molecule has 0 unspecified atom stereocenters. The van der Waals surface area contributed by atoms with Crippen LogP contribution in [-0.4, -0.2) is 127 Å². The van der Waals surface area contributed by atoms with Gasteiger partial charge in [0.15, 0.2) is 0 Å². The number of rotatable bonds is 11. The van der Waals surface area contributed by atoms with Crippen LogP contribution in [0.25, 0.3) is 0 Å². The zero-order valence-corrected chi connectivity index (χ0v) is 35.8. The average Bonchev–Trinajstić information content (AvgIpc) is 3.10. The Morgan fingerprint density at radius 1 is 0.642 bits per heavy atom. The molecule has 0 spiro atoms. The number of ketones is 1. The van der Waals surface area contributed by atoms with Crippen LogP contribution in [0.1, 0.15) is 146 Å². The van der Waals surface area contributed by atoms with E-state index < -0.39 is 11.2 Å². The fraction of sp³-hybridized carbons (Fsp3) is 0.929. The molecule has 4 rings (SSSR count). The third kappa shape index (κ3) is 21.1. The molecule has 11 heteroatoms. The van der Waals surface area contributed by atoms with Gasteiger partial charge in [-0.25, -0.2) is 9.59 Å². The van der Waals surface area contributed by atoms with E-state index in [1.165, 1.54) is 104 Å². The number of nitrogens with zero attached hydrogens (tertiary/aromatic N) is 3. The summed E-state index contributed by atoms with van der Waals surface area (Å²) in [5.41, 5.74) is -0.884. The molecule has 0 aromatic carbocycles. The normalized spacial score (nSPS) is 22.7. The van der Waals surface area contributed by atoms with Gasteiger partial charge in [0.25, 0.3) is 0 Å². The maximum Gasteiger partial charge on any atom is 0.407 e. The summed E-state index contributed by atoms with van der Waals surface area (Å²) in [6.45, 7) is 32.6. The number of Topliss-reactive ketones (excluding diaryl/α,β-unsaturated/α-hetero) is 1. The van der Waals surface area contributed by atoms with Crippen molar-refractivity contribution in [2.24, 2.45) is 11.8 Å². The zero-order chi connectivity index (χ0) is 39.4. The minimum atomic E-state index is -0.464. The van der Waals surface area contributed by atoms with Crippen LogP contribution in [0, 0.1) is 11.8 Å². The van der Waals surface area contributed by atoms with Crippen molar-refractivity contribution < 1.29 is 23.9 Å². The number of ether oxygens (including phenoxy) is 2. The molecule has 11 nitrogen and oxygen atoms in total. The summed E-state index contributed by atoms with van der Waals surface area (Å²) >= 11 is 0. The molecule has 4 fully saturated rings.